The molecule has 0 saturated carbocycles. The predicted octanol–water partition coefficient (Wildman–Crippen LogP) is 2.34. The first kappa shape index (κ1) is 19.5. The van der Waals surface area contributed by atoms with Gasteiger partial charge in [0.15, 0.2) is 0 Å². The van der Waals surface area contributed by atoms with Crippen LogP contribution in [0.25, 0.3) is 0 Å². The zero-order valence-corrected chi connectivity index (χ0v) is 15.4. The number of rotatable bonds is 5. The molecule has 1 unspecified atom stereocenters. The number of nitrogens with two attached hydrogens (primary N) is 1. The maximum atomic E-state index is 13.1. The predicted molar refractivity (Wildman–Crippen MR) is 103 cm³/mol. The monoisotopic (exact) mass is 383 g/mol. The minimum Gasteiger partial charge on any atom is -0.369 e. The van der Waals surface area contributed by atoms with Crippen LogP contribution in [0.2, 0.25) is 0 Å². The number of nitrogens with one attached hydrogen (secondary N) is 1. The lowest BCUT2D eigenvalue weighted by atomic mass is 9.96. The van der Waals surface area contributed by atoms with E-state index in [1.54, 1.807) is 29.2 Å². The van der Waals surface area contributed by atoms with Crippen molar-refractivity contribution < 1.29 is 18.8 Å². The second-order valence-electron chi connectivity index (χ2n) is 6.89. The minimum absolute atomic E-state index is 0.0380. The van der Waals surface area contributed by atoms with Crippen LogP contribution in [-0.2, 0) is 16.0 Å². The summed E-state index contributed by atoms with van der Waals surface area (Å²) in [7, 11) is 0. The molecule has 3 N–H and O–H groups in total. The van der Waals surface area contributed by atoms with Crippen molar-refractivity contribution in [3.8, 4) is 0 Å². The van der Waals surface area contributed by atoms with Gasteiger partial charge >= 0.3 is 0 Å². The smallest absolute Gasteiger partial charge is 0.253 e. The molecule has 2 aromatic carbocycles. The first-order chi connectivity index (χ1) is 13.4. The molecule has 0 radical (unpaired) electrons. The van der Waals surface area contributed by atoms with Crippen molar-refractivity contribution in [2.24, 2.45) is 11.7 Å². The van der Waals surface area contributed by atoms with Crippen molar-refractivity contribution in [2.45, 2.75) is 19.3 Å². The van der Waals surface area contributed by atoms with E-state index < -0.39 is 11.7 Å². The van der Waals surface area contributed by atoms with E-state index in [0.29, 0.717) is 42.7 Å². The van der Waals surface area contributed by atoms with E-state index in [0.717, 1.165) is 0 Å². The van der Waals surface area contributed by atoms with Crippen LogP contribution < -0.4 is 11.1 Å². The van der Waals surface area contributed by atoms with Crippen LogP contribution in [0.5, 0.6) is 0 Å². The number of primary amides is 1. The summed E-state index contributed by atoms with van der Waals surface area (Å²) >= 11 is 0. The molecule has 6 nitrogen and oxygen atoms in total. The number of nitrogens with zero attached hydrogens (tertiary/aromatic N) is 1. The molecule has 0 bridgehead atoms. The van der Waals surface area contributed by atoms with Crippen LogP contribution in [0.1, 0.15) is 28.8 Å². The molecule has 2 aromatic rings. The summed E-state index contributed by atoms with van der Waals surface area (Å²) in [5.74, 6) is -1.66. The Labute approximate surface area is 162 Å². The third-order valence-electron chi connectivity index (χ3n) is 4.81. The second kappa shape index (κ2) is 8.65. The first-order valence-corrected chi connectivity index (χ1v) is 9.16. The Hall–Kier alpha value is -3.22. The van der Waals surface area contributed by atoms with Gasteiger partial charge in [-0.3, -0.25) is 14.4 Å². The van der Waals surface area contributed by atoms with Crippen LogP contribution >= 0.6 is 0 Å². The van der Waals surface area contributed by atoms with Crippen LogP contribution in [0.15, 0.2) is 48.5 Å². The van der Waals surface area contributed by atoms with Gasteiger partial charge in [0.05, 0.1) is 12.3 Å². The first-order valence-electron chi connectivity index (χ1n) is 9.16. The zero-order chi connectivity index (χ0) is 20.1. The summed E-state index contributed by atoms with van der Waals surface area (Å²) in [4.78, 5) is 38.2. The number of carbonyl (C=O) groups excluding carboxylic acids is 3. The Morgan fingerprint density at radius 3 is 2.54 bits per heavy atom. The van der Waals surface area contributed by atoms with Crippen LogP contribution in [0, 0.1) is 11.7 Å². The number of carbonyl (C=O) groups is 3. The Morgan fingerprint density at radius 1 is 1.11 bits per heavy atom. The number of hydrogen-bond donors (Lipinski definition) is 2. The maximum Gasteiger partial charge on any atom is 0.253 e. The molecule has 1 aliphatic rings. The summed E-state index contributed by atoms with van der Waals surface area (Å²) < 4.78 is 13.1. The molecule has 0 aliphatic carbocycles. The molecular weight excluding hydrogens is 361 g/mol. The lowest BCUT2D eigenvalue weighted by Crippen LogP contribution is -2.43. The fourth-order valence-electron chi connectivity index (χ4n) is 3.37. The molecule has 28 heavy (non-hydrogen) atoms. The third kappa shape index (κ3) is 4.73. The Morgan fingerprint density at radius 2 is 1.82 bits per heavy atom. The van der Waals surface area contributed by atoms with E-state index in [9.17, 15) is 18.8 Å². The Bertz CT molecular complexity index is 883. The number of para-hydroxylation sites is 1. The SMILES string of the molecule is NC(=O)Cc1ccccc1NC(=O)C1CCCN(C(=O)c2ccc(F)cc2)C1. The lowest BCUT2D eigenvalue weighted by molar-refractivity contribution is -0.121. The topological polar surface area (TPSA) is 92.5 Å². The van der Waals surface area contributed by atoms with Crippen molar-refractivity contribution in [3.05, 3.63) is 65.5 Å². The fourth-order valence-corrected chi connectivity index (χ4v) is 3.37. The highest BCUT2D eigenvalue weighted by atomic mass is 19.1. The number of hydrogen-bond acceptors (Lipinski definition) is 3. The van der Waals surface area contributed by atoms with Gasteiger partial charge in [0.2, 0.25) is 11.8 Å². The molecule has 0 spiro atoms. The van der Waals surface area contributed by atoms with Gasteiger partial charge in [-0.1, -0.05) is 18.2 Å². The molecule has 1 atom stereocenters. The fraction of sp³-hybridized carbons (Fsp3) is 0.286. The summed E-state index contributed by atoms with van der Waals surface area (Å²) in [5, 5.41) is 2.86. The molecule has 3 amide bonds. The molecular formula is C21H22FN3O3. The van der Waals surface area contributed by atoms with E-state index in [1.165, 1.54) is 24.3 Å². The number of anilines is 1. The van der Waals surface area contributed by atoms with Crippen molar-refractivity contribution in [3.63, 3.8) is 0 Å². The van der Waals surface area contributed by atoms with Gasteiger partial charge in [0.1, 0.15) is 5.82 Å². The van der Waals surface area contributed by atoms with Crippen molar-refractivity contribution in [1.82, 2.24) is 4.90 Å². The summed E-state index contributed by atoms with van der Waals surface area (Å²) in [6.07, 6.45) is 1.40. The highest BCUT2D eigenvalue weighted by Gasteiger charge is 2.29. The summed E-state index contributed by atoms with van der Waals surface area (Å²) in [6.45, 7) is 0.846. The molecule has 146 valence electrons. The number of piperidine rings is 1. The summed E-state index contributed by atoms with van der Waals surface area (Å²) in [5.41, 5.74) is 6.86. The molecule has 1 saturated heterocycles. The number of amides is 3. The molecule has 0 aromatic heterocycles. The van der Waals surface area contributed by atoms with Gasteiger partial charge in [-0.25, -0.2) is 4.39 Å². The van der Waals surface area contributed by atoms with Gasteiger partial charge in [0, 0.05) is 24.3 Å². The van der Waals surface area contributed by atoms with E-state index in [2.05, 4.69) is 5.32 Å². The average Bonchev–Trinajstić information content (AvgIpc) is 2.69. The average molecular weight is 383 g/mol. The molecule has 1 heterocycles. The third-order valence-corrected chi connectivity index (χ3v) is 4.81. The van der Waals surface area contributed by atoms with Crippen molar-refractivity contribution in [1.29, 1.82) is 0 Å². The lowest BCUT2D eigenvalue weighted by Gasteiger charge is -2.32. The molecule has 7 heteroatoms. The Kier molecular flexibility index (Phi) is 6.03. The van der Waals surface area contributed by atoms with E-state index in [1.807, 2.05) is 0 Å². The highest BCUT2D eigenvalue weighted by Crippen LogP contribution is 2.22. The van der Waals surface area contributed by atoms with E-state index in [4.69, 9.17) is 5.73 Å². The number of halogens is 1. The highest BCUT2D eigenvalue weighted by molar-refractivity contribution is 5.97. The quantitative estimate of drug-likeness (QED) is 0.830. The largest absolute Gasteiger partial charge is 0.369 e. The van der Waals surface area contributed by atoms with Gasteiger partial charge < -0.3 is 16.0 Å². The van der Waals surface area contributed by atoms with E-state index >= 15 is 0 Å². The second-order valence-corrected chi connectivity index (χ2v) is 6.89. The number of likely N-dealkylation sites (tertiary alicyclic amines) is 1. The number of benzene rings is 2. The molecule has 1 fully saturated rings. The Balaban J connectivity index is 1.67. The van der Waals surface area contributed by atoms with Crippen molar-refractivity contribution in [2.75, 3.05) is 18.4 Å². The van der Waals surface area contributed by atoms with Crippen LogP contribution in [0.4, 0.5) is 10.1 Å². The normalized spacial score (nSPS) is 16.5. The van der Waals surface area contributed by atoms with Gasteiger partial charge in [-0.15, -0.1) is 0 Å². The zero-order valence-electron chi connectivity index (χ0n) is 15.4. The molecule has 3 rings (SSSR count). The maximum absolute atomic E-state index is 13.1. The van der Waals surface area contributed by atoms with E-state index in [-0.39, 0.29) is 24.2 Å². The molecule has 1 aliphatic heterocycles. The summed E-state index contributed by atoms with van der Waals surface area (Å²) in [6, 6.07) is 12.4. The van der Waals surface area contributed by atoms with Gasteiger partial charge in [-0.2, -0.15) is 0 Å². The van der Waals surface area contributed by atoms with Crippen molar-refractivity contribution >= 4 is 23.4 Å². The standard InChI is InChI=1S/C21H22FN3O3/c22-17-9-7-14(8-10-17)21(28)25-11-3-5-16(13-25)20(27)24-18-6-2-1-4-15(18)12-19(23)26/h1-2,4,6-10,16H,3,5,11-13H2,(H2,23,26)(H,24,27). The van der Waals surface area contributed by atoms with Crippen LogP contribution in [0.3, 0.4) is 0 Å². The van der Waals surface area contributed by atoms with Gasteiger partial charge in [-0.05, 0) is 48.7 Å². The van der Waals surface area contributed by atoms with Crippen LogP contribution in [-0.4, -0.2) is 35.7 Å². The van der Waals surface area contributed by atoms with Gasteiger partial charge in [0.25, 0.3) is 5.91 Å². The minimum atomic E-state index is -0.476.